The highest BCUT2D eigenvalue weighted by atomic mass is 16.8. The Morgan fingerprint density at radius 3 is 2.02 bits per heavy atom. The lowest BCUT2D eigenvalue weighted by Gasteiger charge is -2.44. The second-order valence-corrected chi connectivity index (χ2v) is 13.3. The van der Waals surface area contributed by atoms with Crippen LogP contribution in [0, 0.1) is 0 Å². The van der Waals surface area contributed by atoms with E-state index in [1.54, 1.807) is 0 Å². The molecule has 0 amide bonds. The van der Waals surface area contributed by atoms with Crippen molar-refractivity contribution < 1.29 is 109 Å². The second-order valence-electron chi connectivity index (χ2n) is 13.3. The van der Waals surface area contributed by atoms with Crippen LogP contribution in [0.2, 0.25) is 0 Å². The zero-order chi connectivity index (χ0) is 40.7. The van der Waals surface area contributed by atoms with Crippen LogP contribution in [-0.2, 0) is 28.5 Å². The van der Waals surface area contributed by atoms with Gasteiger partial charge in [-0.1, -0.05) is 0 Å². The molecule has 6 rings (SSSR count). The zero-order valence-electron chi connectivity index (χ0n) is 29.1. The van der Waals surface area contributed by atoms with Gasteiger partial charge >= 0.3 is 17.3 Å². The first-order chi connectivity index (χ1) is 26.5. The van der Waals surface area contributed by atoms with E-state index in [0.717, 1.165) is 31.2 Å². The Balaban J connectivity index is 1.44. The van der Waals surface area contributed by atoms with Crippen molar-refractivity contribution in [1.82, 2.24) is 0 Å². The Bertz CT molecular complexity index is 1850. The van der Waals surface area contributed by atoms with E-state index in [1.165, 1.54) is 6.07 Å². The van der Waals surface area contributed by atoms with Gasteiger partial charge in [-0.05, 0) is 0 Å². The molecule has 0 saturated carbocycles. The number of hydrogen-bond donors (Lipinski definition) is 13. The van der Waals surface area contributed by atoms with E-state index >= 15 is 0 Å². The summed E-state index contributed by atoms with van der Waals surface area (Å²) in [5.41, 5.74) is -0.406. The number of aliphatic hydroxyl groups is 9. The summed E-state index contributed by atoms with van der Waals surface area (Å²) in [5, 5.41) is 135. The SMILES string of the molecule is CC(=O)OCC1O[C@@H](Oc2cc(O)cc3[o+]c(-c4cc(O)c(O)c(O)c4)c(O[C@@H]4OC(CO)[C@H](O)[C@H](O)C4O[C@@H]4OC[C@@H](O)[C@H](O)C4O)cc23)C(O)[C@@H](O)[C@@H]1O. The van der Waals surface area contributed by atoms with E-state index in [0.29, 0.717) is 0 Å². The number of benzene rings is 2. The molecule has 0 aliphatic carbocycles. The van der Waals surface area contributed by atoms with Crippen molar-refractivity contribution in [2.24, 2.45) is 0 Å². The topological polar surface area (TPSA) is 356 Å². The molecule has 22 nitrogen and oxygen atoms in total. The maximum Gasteiger partial charge on any atom is 0.402 e. The summed E-state index contributed by atoms with van der Waals surface area (Å²) < 4.78 is 45.3. The number of carbonyl (C=O) groups is 1. The highest BCUT2D eigenvalue weighted by Crippen LogP contribution is 2.46. The Labute approximate surface area is 314 Å². The number of ether oxygens (including phenoxy) is 7. The first-order valence-electron chi connectivity index (χ1n) is 17.0. The van der Waals surface area contributed by atoms with Gasteiger partial charge in [-0.3, -0.25) is 4.79 Å². The molecule has 4 heterocycles. The molecule has 1 aromatic heterocycles. The van der Waals surface area contributed by atoms with Crippen molar-refractivity contribution in [3.63, 3.8) is 0 Å². The van der Waals surface area contributed by atoms with Gasteiger partial charge in [0.2, 0.25) is 18.3 Å². The van der Waals surface area contributed by atoms with Crippen LogP contribution in [0.15, 0.2) is 34.7 Å². The van der Waals surface area contributed by atoms with E-state index in [4.69, 9.17) is 37.6 Å². The molecule has 3 aromatic rings. The predicted molar refractivity (Wildman–Crippen MR) is 178 cm³/mol. The summed E-state index contributed by atoms with van der Waals surface area (Å²) in [7, 11) is 0. The predicted octanol–water partition coefficient (Wildman–Crippen LogP) is -3.41. The molecule has 308 valence electrons. The minimum atomic E-state index is -1.95. The van der Waals surface area contributed by atoms with Gasteiger partial charge in [0, 0.05) is 31.2 Å². The monoisotopic (exact) mass is 801 g/mol. The molecule has 0 spiro atoms. The third-order valence-electron chi connectivity index (χ3n) is 9.31. The van der Waals surface area contributed by atoms with E-state index in [2.05, 4.69) is 0 Å². The van der Waals surface area contributed by atoms with E-state index in [1.807, 2.05) is 0 Å². The molecular formula is C34H41O22+. The van der Waals surface area contributed by atoms with Crippen molar-refractivity contribution in [2.45, 2.75) is 92.9 Å². The number of phenols is 4. The third kappa shape index (κ3) is 8.19. The van der Waals surface area contributed by atoms with Crippen LogP contribution in [0.1, 0.15) is 6.92 Å². The molecule has 3 aliphatic rings. The Morgan fingerprint density at radius 1 is 0.732 bits per heavy atom. The first kappa shape index (κ1) is 41.2. The van der Waals surface area contributed by atoms with Gasteiger partial charge in [-0.15, -0.1) is 0 Å². The van der Waals surface area contributed by atoms with Gasteiger partial charge in [0.15, 0.2) is 29.6 Å². The number of rotatable bonds is 10. The molecule has 3 saturated heterocycles. The molecule has 56 heavy (non-hydrogen) atoms. The minimum absolute atomic E-state index is 0.0996. The van der Waals surface area contributed by atoms with Crippen LogP contribution in [0.3, 0.4) is 0 Å². The number of esters is 1. The minimum Gasteiger partial charge on any atom is -0.507 e. The van der Waals surface area contributed by atoms with Crippen LogP contribution in [0.5, 0.6) is 34.5 Å². The molecular weight excluding hydrogens is 760 g/mol. The fraction of sp³-hybridized carbons (Fsp3) is 0.529. The number of fused-ring (bicyclic) bond motifs is 1. The van der Waals surface area contributed by atoms with Crippen molar-refractivity contribution in [3.8, 4) is 45.8 Å². The Hall–Kier alpha value is -4.40. The van der Waals surface area contributed by atoms with Crippen LogP contribution < -0.4 is 9.47 Å². The van der Waals surface area contributed by atoms with Crippen molar-refractivity contribution in [3.05, 3.63) is 30.3 Å². The lowest BCUT2D eigenvalue weighted by Crippen LogP contribution is -2.63. The normalized spacial score (nSPS) is 34.9. The van der Waals surface area contributed by atoms with Crippen molar-refractivity contribution in [2.75, 3.05) is 19.8 Å². The summed E-state index contributed by atoms with van der Waals surface area (Å²) in [5.74, 6) is -4.93. The number of carbonyl (C=O) groups excluding carboxylic acids is 1. The molecule has 5 unspecified atom stereocenters. The van der Waals surface area contributed by atoms with Gasteiger partial charge in [-0.2, -0.15) is 0 Å². The highest BCUT2D eigenvalue weighted by molar-refractivity contribution is 5.89. The highest BCUT2D eigenvalue weighted by Gasteiger charge is 2.51. The van der Waals surface area contributed by atoms with Gasteiger partial charge in [0.05, 0.1) is 24.8 Å². The third-order valence-corrected chi connectivity index (χ3v) is 9.31. The first-order valence-corrected chi connectivity index (χ1v) is 17.0. The van der Waals surface area contributed by atoms with Crippen molar-refractivity contribution >= 4 is 16.9 Å². The summed E-state index contributed by atoms with van der Waals surface area (Å²) in [6.45, 7) is -0.843. The number of aliphatic hydroxyl groups excluding tert-OH is 9. The maximum absolute atomic E-state index is 11.4. The number of aromatic hydroxyl groups is 4. The fourth-order valence-corrected chi connectivity index (χ4v) is 6.24. The maximum atomic E-state index is 11.4. The quantitative estimate of drug-likeness (QED) is 0.0539. The van der Waals surface area contributed by atoms with Crippen LogP contribution in [-0.4, -0.2) is 178 Å². The molecule has 3 fully saturated rings. The molecule has 0 radical (unpaired) electrons. The number of hydrogen-bond acceptors (Lipinski definition) is 21. The largest absolute Gasteiger partial charge is 0.507 e. The average molecular weight is 802 g/mol. The van der Waals surface area contributed by atoms with Gasteiger partial charge in [-0.25, -0.2) is 4.42 Å². The van der Waals surface area contributed by atoms with Gasteiger partial charge < -0.3 is 99.5 Å². The number of phenolic OH excluding ortho intramolecular Hbond substituents is 4. The average Bonchev–Trinajstić information content (AvgIpc) is 3.15. The van der Waals surface area contributed by atoms with Crippen molar-refractivity contribution in [1.29, 1.82) is 0 Å². The molecule has 14 atom stereocenters. The van der Waals surface area contributed by atoms with Crippen LogP contribution in [0.4, 0.5) is 0 Å². The standard InChI is InChI=1S/C34H40O22/c1-10(36)49-9-21-25(44)26(45)29(48)33(55-21)52-18-5-12(37)4-17-13(18)6-19(30(51-17)11-2-14(38)22(41)15(39)3-11)53-34-31(27(46)24(43)20(7-35)54-34)56-32-28(47)23(42)16(40)8-50-32/h2-6,16,20-21,23-29,31-35,40,42-48H,7-9H2,1H3,(H3-,37,38,39,41)/p+1/t16-,20?,21?,23+,24+,25-,26+,27+,28?,29?,31?,32+,33-,34-/m1/s1. The zero-order valence-corrected chi connectivity index (χ0v) is 29.1. The molecule has 13 N–H and O–H groups in total. The van der Waals surface area contributed by atoms with Crippen LogP contribution in [0.25, 0.3) is 22.3 Å². The second kappa shape index (κ2) is 16.6. The smallest absolute Gasteiger partial charge is 0.402 e. The van der Waals surface area contributed by atoms with Crippen LogP contribution >= 0.6 is 0 Å². The van der Waals surface area contributed by atoms with Gasteiger partial charge in [0.1, 0.15) is 84.5 Å². The lowest BCUT2D eigenvalue weighted by atomic mass is 9.98. The summed E-state index contributed by atoms with van der Waals surface area (Å²) in [6.07, 6.45) is -24.6. The fourth-order valence-electron chi connectivity index (χ4n) is 6.24. The molecule has 0 bridgehead atoms. The summed E-state index contributed by atoms with van der Waals surface area (Å²) in [6, 6.07) is 5.17. The molecule has 3 aliphatic heterocycles. The summed E-state index contributed by atoms with van der Waals surface area (Å²) in [4.78, 5) is 11.4. The molecule has 2 aromatic carbocycles. The summed E-state index contributed by atoms with van der Waals surface area (Å²) >= 11 is 0. The van der Waals surface area contributed by atoms with Gasteiger partial charge in [0.25, 0.3) is 0 Å². The Morgan fingerprint density at radius 2 is 1.36 bits per heavy atom. The Kier molecular flexibility index (Phi) is 12.2. The molecule has 22 heteroatoms. The van der Waals surface area contributed by atoms with E-state index < -0.39 is 141 Å². The lowest BCUT2D eigenvalue weighted by molar-refractivity contribution is -0.344. The van der Waals surface area contributed by atoms with E-state index in [9.17, 15) is 71.2 Å². The van der Waals surface area contributed by atoms with E-state index in [-0.39, 0.29) is 28.0 Å².